The summed E-state index contributed by atoms with van der Waals surface area (Å²) in [5.41, 5.74) is 0.302. The van der Waals surface area contributed by atoms with E-state index in [9.17, 15) is 23.3 Å². The minimum Gasteiger partial charge on any atom is -0.477 e. The first-order valence-electron chi connectivity index (χ1n) is 9.81. The van der Waals surface area contributed by atoms with Crippen LogP contribution in [0.25, 0.3) is 0 Å². The van der Waals surface area contributed by atoms with Crippen LogP contribution in [0.2, 0.25) is 0 Å². The monoisotopic (exact) mass is 463 g/mol. The second kappa shape index (κ2) is 8.85. The molecule has 4 rings (SSSR count). The maximum absolute atomic E-state index is 12.7. The SMILES string of the molecule is O=C(COc1ccc(S(=O)(=O)N2CCCC2)cc1[N+](=O)[O-])N1CCSc2ccccc21. The minimum atomic E-state index is -3.80. The van der Waals surface area contributed by atoms with Gasteiger partial charge in [-0.3, -0.25) is 14.9 Å². The average Bonchev–Trinajstić information content (AvgIpc) is 3.33. The van der Waals surface area contributed by atoms with Crippen molar-refractivity contribution in [3.63, 3.8) is 0 Å². The van der Waals surface area contributed by atoms with Crippen LogP contribution >= 0.6 is 11.8 Å². The van der Waals surface area contributed by atoms with Crippen molar-refractivity contribution in [2.45, 2.75) is 22.6 Å². The van der Waals surface area contributed by atoms with Crippen LogP contribution in [0.4, 0.5) is 11.4 Å². The Kier molecular flexibility index (Phi) is 6.17. The summed E-state index contributed by atoms with van der Waals surface area (Å²) < 4.78 is 32.2. The fourth-order valence-electron chi connectivity index (χ4n) is 3.65. The third-order valence-corrected chi connectivity index (χ3v) is 8.15. The van der Waals surface area contributed by atoms with Gasteiger partial charge in [-0.25, -0.2) is 8.42 Å². The third kappa shape index (κ3) is 4.39. The fraction of sp³-hybridized carbons (Fsp3) is 0.350. The highest BCUT2D eigenvalue weighted by atomic mass is 32.2. The molecular formula is C20H21N3O6S2. The lowest BCUT2D eigenvalue weighted by molar-refractivity contribution is -0.386. The van der Waals surface area contributed by atoms with Gasteiger partial charge in [0.05, 0.1) is 15.5 Å². The molecular weight excluding hydrogens is 442 g/mol. The smallest absolute Gasteiger partial charge is 0.312 e. The summed E-state index contributed by atoms with van der Waals surface area (Å²) in [5.74, 6) is 0.278. The van der Waals surface area contributed by atoms with Crippen LogP contribution in [0, 0.1) is 10.1 Å². The summed E-state index contributed by atoms with van der Waals surface area (Å²) in [6, 6.07) is 11.1. The predicted molar refractivity (Wildman–Crippen MR) is 116 cm³/mol. The number of benzene rings is 2. The van der Waals surface area contributed by atoms with Gasteiger partial charge in [0, 0.05) is 36.3 Å². The van der Waals surface area contributed by atoms with E-state index in [0.717, 1.165) is 35.2 Å². The predicted octanol–water partition coefficient (Wildman–Crippen LogP) is 2.90. The molecule has 31 heavy (non-hydrogen) atoms. The number of amides is 1. The Morgan fingerprint density at radius 3 is 2.61 bits per heavy atom. The summed E-state index contributed by atoms with van der Waals surface area (Å²) >= 11 is 1.66. The first-order valence-corrected chi connectivity index (χ1v) is 12.2. The lowest BCUT2D eigenvalue weighted by atomic mass is 10.2. The van der Waals surface area contributed by atoms with Crippen LogP contribution in [0.15, 0.2) is 52.3 Å². The number of hydrogen-bond acceptors (Lipinski definition) is 7. The van der Waals surface area contributed by atoms with Crippen molar-refractivity contribution >= 4 is 39.1 Å². The summed E-state index contributed by atoms with van der Waals surface area (Å²) in [6.45, 7) is 0.925. The summed E-state index contributed by atoms with van der Waals surface area (Å²) in [6.07, 6.45) is 1.53. The number of nitro benzene ring substituents is 1. The topological polar surface area (TPSA) is 110 Å². The van der Waals surface area contributed by atoms with Gasteiger partial charge in [-0.2, -0.15) is 4.31 Å². The Hall–Kier alpha value is -2.63. The van der Waals surface area contributed by atoms with Gasteiger partial charge in [-0.15, -0.1) is 11.8 Å². The maximum atomic E-state index is 12.7. The van der Waals surface area contributed by atoms with Gasteiger partial charge in [0.25, 0.3) is 5.91 Å². The molecule has 0 N–H and O–H groups in total. The normalized spacial score (nSPS) is 16.7. The van der Waals surface area contributed by atoms with Crippen molar-refractivity contribution in [3.8, 4) is 5.75 Å². The number of carbonyl (C=O) groups is 1. The highest BCUT2D eigenvalue weighted by Crippen LogP contribution is 2.35. The Labute approximate surface area is 184 Å². The van der Waals surface area contributed by atoms with Gasteiger partial charge in [-0.05, 0) is 37.1 Å². The molecule has 1 fully saturated rings. The molecule has 2 aromatic carbocycles. The number of anilines is 1. The molecule has 0 spiro atoms. The second-order valence-electron chi connectivity index (χ2n) is 7.15. The van der Waals surface area contributed by atoms with E-state index in [1.807, 2.05) is 24.3 Å². The molecule has 0 saturated carbocycles. The van der Waals surface area contributed by atoms with Gasteiger partial charge in [0.2, 0.25) is 10.0 Å². The molecule has 9 nitrogen and oxygen atoms in total. The number of rotatable bonds is 6. The van der Waals surface area contributed by atoms with Crippen molar-refractivity contribution in [3.05, 3.63) is 52.6 Å². The van der Waals surface area contributed by atoms with E-state index in [-0.39, 0.29) is 16.6 Å². The Bertz CT molecular complexity index is 1120. The lowest BCUT2D eigenvalue weighted by Gasteiger charge is -2.28. The number of hydrogen-bond donors (Lipinski definition) is 0. The first kappa shape index (κ1) is 21.6. The fourth-order valence-corrected chi connectivity index (χ4v) is 6.18. The molecule has 1 amide bonds. The van der Waals surface area contributed by atoms with Gasteiger partial charge in [0.1, 0.15) is 0 Å². The van der Waals surface area contributed by atoms with Crippen LogP contribution < -0.4 is 9.64 Å². The van der Waals surface area contributed by atoms with Crippen molar-refractivity contribution in [2.24, 2.45) is 0 Å². The zero-order valence-corrected chi connectivity index (χ0v) is 18.2. The second-order valence-corrected chi connectivity index (χ2v) is 10.2. The molecule has 0 aliphatic carbocycles. The number of para-hydroxylation sites is 1. The highest BCUT2D eigenvalue weighted by molar-refractivity contribution is 7.99. The van der Waals surface area contributed by atoms with Gasteiger partial charge in [0.15, 0.2) is 12.4 Å². The van der Waals surface area contributed by atoms with Gasteiger partial charge < -0.3 is 9.64 Å². The molecule has 1 saturated heterocycles. The lowest BCUT2D eigenvalue weighted by Crippen LogP contribution is -2.38. The summed E-state index contributed by atoms with van der Waals surface area (Å²) in [4.78, 5) is 26.0. The van der Waals surface area contributed by atoms with Crippen molar-refractivity contribution in [1.82, 2.24) is 4.31 Å². The Balaban J connectivity index is 1.52. The van der Waals surface area contributed by atoms with Crippen molar-refractivity contribution < 1.29 is 22.9 Å². The van der Waals surface area contributed by atoms with Crippen LogP contribution in [0.1, 0.15) is 12.8 Å². The zero-order chi connectivity index (χ0) is 22.0. The maximum Gasteiger partial charge on any atom is 0.312 e. The van der Waals surface area contributed by atoms with Crippen molar-refractivity contribution in [1.29, 1.82) is 0 Å². The van der Waals surface area contributed by atoms with Gasteiger partial charge >= 0.3 is 5.69 Å². The van der Waals surface area contributed by atoms with Crippen molar-refractivity contribution in [2.75, 3.05) is 36.9 Å². The molecule has 0 radical (unpaired) electrons. The molecule has 2 aliphatic heterocycles. The molecule has 0 atom stereocenters. The average molecular weight is 464 g/mol. The molecule has 0 bridgehead atoms. The first-order chi connectivity index (χ1) is 14.9. The van der Waals surface area contributed by atoms with E-state index in [0.29, 0.717) is 19.6 Å². The number of nitro groups is 1. The minimum absolute atomic E-state index is 0.140. The highest BCUT2D eigenvalue weighted by Gasteiger charge is 2.30. The molecule has 11 heteroatoms. The quantitative estimate of drug-likeness (QED) is 0.478. The largest absolute Gasteiger partial charge is 0.477 e. The van der Waals surface area contributed by atoms with Gasteiger partial charge in [-0.1, -0.05) is 12.1 Å². The summed E-state index contributed by atoms with van der Waals surface area (Å²) in [7, 11) is -3.80. The van der Waals surface area contributed by atoms with E-state index in [1.54, 1.807) is 16.7 Å². The molecule has 164 valence electrons. The number of ether oxygens (including phenoxy) is 1. The Morgan fingerprint density at radius 2 is 1.87 bits per heavy atom. The van der Waals surface area contributed by atoms with Crippen LogP contribution in [-0.4, -0.2) is 55.5 Å². The third-order valence-electron chi connectivity index (χ3n) is 5.21. The molecule has 2 aromatic rings. The van der Waals surface area contributed by atoms with E-state index in [2.05, 4.69) is 0 Å². The van der Waals surface area contributed by atoms with E-state index in [1.165, 1.54) is 16.4 Å². The molecule has 0 aromatic heterocycles. The summed E-state index contributed by atoms with van der Waals surface area (Å²) in [5, 5.41) is 11.6. The zero-order valence-electron chi connectivity index (χ0n) is 16.6. The number of carbonyl (C=O) groups excluding carboxylic acids is 1. The standard InChI is InChI=1S/C20H21N3O6S2/c24-20(22-11-12-30-19-6-2-1-5-16(19)22)14-29-18-8-7-15(13-17(18)23(25)26)31(27,28)21-9-3-4-10-21/h1-2,5-8,13H,3-4,9-12,14H2. The van der Waals surface area contributed by atoms with Crippen LogP contribution in [-0.2, 0) is 14.8 Å². The molecule has 2 aliphatic rings. The van der Waals surface area contributed by atoms with Crippen LogP contribution in [0.5, 0.6) is 5.75 Å². The van der Waals surface area contributed by atoms with Crippen LogP contribution in [0.3, 0.4) is 0 Å². The molecule has 2 heterocycles. The van der Waals surface area contributed by atoms with E-state index in [4.69, 9.17) is 4.74 Å². The number of thioether (sulfide) groups is 1. The number of fused-ring (bicyclic) bond motifs is 1. The number of sulfonamides is 1. The number of nitrogens with zero attached hydrogens (tertiary/aromatic N) is 3. The van der Waals surface area contributed by atoms with E-state index >= 15 is 0 Å². The molecule has 0 unspecified atom stereocenters. The van der Waals surface area contributed by atoms with E-state index < -0.39 is 27.2 Å². The Morgan fingerprint density at radius 1 is 1.13 bits per heavy atom.